The predicted octanol–water partition coefficient (Wildman–Crippen LogP) is 1.24. The summed E-state index contributed by atoms with van der Waals surface area (Å²) < 4.78 is 24.4. The van der Waals surface area contributed by atoms with Crippen LogP contribution in [0.25, 0.3) is 0 Å². The van der Waals surface area contributed by atoms with Gasteiger partial charge < -0.3 is 10.8 Å². The lowest BCUT2D eigenvalue weighted by atomic mass is 10.1. The van der Waals surface area contributed by atoms with Gasteiger partial charge >= 0.3 is 0 Å². The van der Waals surface area contributed by atoms with E-state index in [1.807, 2.05) is 0 Å². The molecule has 4 nitrogen and oxygen atoms in total. The molecule has 0 saturated heterocycles. The van der Waals surface area contributed by atoms with Crippen LogP contribution in [0, 0.1) is 0 Å². The average Bonchev–Trinajstić information content (AvgIpc) is 2.30. The van der Waals surface area contributed by atoms with Crippen molar-refractivity contribution in [2.24, 2.45) is 5.73 Å². The van der Waals surface area contributed by atoms with Crippen molar-refractivity contribution in [3.8, 4) is 0 Å². The molecular weight excluding hydrogens is 306 g/mol. The second-order valence-electron chi connectivity index (χ2n) is 3.75. The van der Waals surface area contributed by atoms with E-state index in [4.69, 9.17) is 5.73 Å². The molecule has 0 fully saturated rings. The zero-order valence-electron chi connectivity index (χ0n) is 9.51. The maximum absolute atomic E-state index is 11.8. The minimum absolute atomic E-state index is 0.0253. The van der Waals surface area contributed by atoms with E-state index >= 15 is 0 Å². The molecule has 0 aromatic heterocycles. The number of sulfone groups is 1. The molecule has 0 spiro atoms. The fraction of sp³-hybridized carbons (Fsp3) is 0.455. The monoisotopic (exact) mass is 321 g/mol. The predicted molar refractivity (Wildman–Crippen MR) is 71.4 cm³/mol. The molecule has 6 heteroatoms. The first-order valence-electron chi connectivity index (χ1n) is 5.25. The van der Waals surface area contributed by atoms with Crippen molar-refractivity contribution in [3.63, 3.8) is 0 Å². The van der Waals surface area contributed by atoms with Gasteiger partial charge in [-0.15, -0.1) is 0 Å². The van der Waals surface area contributed by atoms with E-state index in [2.05, 4.69) is 15.9 Å². The highest BCUT2D eigenvalue weighted by atomic mass is 79.9. The third-order valence-corrected chi connectivity index (χ3v) is 5.40. The zero-order chi connectivity index (χ0) is 13.1. The molecule has 2 atom stereocenters. The van der Waals surface area contributed by atoms with Crippen LogP contribution in [0.15, 0.2) is 28.7 Å². The van der Waals surface area contributed by atoms with E-state index in [9.17, 15) is 13.5 Å². The first-order chi connectivity index (χ1) is 7.92. The first kappa shape index (κ1) is 14.6. The highest BCUT2D eigenvalue weighted by molar-refractivity contribution is 9.10. The lowest BCUT2D eigenvalue weighted by Gasteiger charge is -2.21. The van der Waals surface area contributed by atoms with E-state index in [0.717, 1.165) is 4.47 Å². The molecule has 3 N–H and O–H groups in total. The topological polar surface area (TPSA) is 80.4 Å². The zero-order valence-corrected chi connectivity index (χ0v) is 11.9. The van der Waals surface area contributed by atoms with Crippen molar-refractivity contribution in [2.45, 2.75) is 18.2 Å². The normalized spacial score (nSPS) is 15.5. The van der Waals surface area contributed by atoms with Gasteiger partial charge in [-0.25, -0.2) is 8.42 Å². The molecule has 17 heavy (non-hydrogen) atoms. The Kier molecular flexibility index (Phi) is 5.12. The highest BCUT2D eigenvalue weighted by Gasteiger charge is 2.30. The summed E-state index contributed by atoms with van der Waals surface area (Å²) in [5.41, 5.74) is 6.61. The average molecular weight is 322 g/mol. The van der Waals surface area contributed by atoms with Crippen molar-refractivity contribution in [3.05, 3.63) is 34.3 Å². The molecule has 0 aliphatic carbocycles. The van der Waals surface area contributed by atoms with E-state index in [-0.39, 0.29) is 5.75 Å². The Labute approximate surface area is 110 Å². The highest BCUT2D eigenvalue weighted by Crippen LogP contribution is 2.22. The Hall–Kier alpha value is -0.430. The third-order valence-electron chi connectivity index (χ3n) is 2.70. The summed E-state index contributed by atoms with van der Waals surface area (Å²) >= 11 is 3.29. The van der Waals surface area contributed by atoms with E-state index < -0.39 is 27.7 Å². The van der Waals surface area contributed by atoms with Crippen molar-refractivity contribution < 1.29 is 13.5 Å². The van der Waals surface area contributed by atoms with Crippen molar-refractivity contribution in [1.82, 2.24) is 0 Å². The van der Waals surface area contributed by atoms with Gasteiger partial charge in [0.05, 0.1) is 6.61 Å². The van der Waals surface area contributed by atoms with Crippen LogP contribution in [-0.4, -0.2) is 31.1 Å². The molecule has 0 bridgehead atoms. The van der Waals surface area contributed by atoms with E-state index in [1.165, 1.54) is 0 Å². The summed E-state index contributed by atoms with van der Waals surface area (Å²) in [4.78, 5) is 0. The van der Waals surface area contributed by atoms with Crippen LogP contribution in [-0.2, 0) is 9.84 Å². The SMILES string of the molecule is CCS(=O)(=O)C(CO)C(N)c1ccc(Br)cc1. The van der Waals surface area contributed by atoms with Crippen LogP contribution in [0.3, 0.4) is 0 Å². The summed E-state index contributed by atoms with van der Waals surface area (Å²) in [6.45, 7) is 1.08. The lowest BCUT2D eigenvalue weighted by Crippen LogP contribution is -2.37. The van der Waals surface area contributed by atoms with Crippen LogP contribution in [0.4, 0.5) is 0 Å². The van der Waals surface area contributed by atoms with Gasteiger partial charge in [-0.1, -0.05) is 35.0 Å². The minimum Gasteiger partial charge on any atom is -0.395 e. The molecule has 1 aromatic rings. The Morgan fingerprint density at radius 3 is 2.29 bits per heavy atom. The standard InChI is InChI=1S/C11H16BrNO3S/c1-2-17(15,16)10(7-14)11(13)8-3-5-9(12)6-4-8/h3-6,10-11,14H,2,7,13H2,1H3. The number of hydrogen-bond acceptors (Lipinski definition) is 4. The van der Waals surface area contributed by atoms with E-state index in [0.29, 0.717) is 5.56 Å². The summed E-state index contributed by atoms with van der Waals surface area (Å²) in [5.74, 6) is -0.0253. The molecule has 0 heterocycles. The van der Waals surface area contributed by atoms with Crippen molar-refractivity contribution >= 4 is 25.8 Å². The van der Waals surface area contributed by atoms with Gasteiger partial charge in [0.15, 0.2) is 9.84 Å². The maximum atomic E-state index is 11.8. The molecule has 0 amide bonds. The van der Waals surface area contributed by atoms with Crippen LogP contribution in [0.1, 0.15) is 18.5 Å². The van der Waals surface area contributed by atoms with Crippen LogP contribution >= 0.6 is 15.9 Å². The maximum Gasteiger partial charge on any atom is 0.157 e. The summed E-state index contributed by atoms with van der Waals surface area (Å²) in [6.07, 6.45) is 0. The van der Waals surface area contributed by atoms with E-state index in [1.54, 1.807) is 31.2 Å². The Bertz CT molecular complexity index is 458. The number of aliphatic hydroxyl groups is 1. The summed E-state index contributed by atoms with van der Waals surface area (Å²) in [5, 5.41) is 8.26. The van der Waals surface area contributed by atoms with Crippen LogP contribution < -0.4 is 5.73 Å². The molecule has 96 valence electrons. The number of hydrogen-bond donors (Lipinski definition) is 2. The van der Waals surface area contributed by atoms with Crippen LogP contribution in [0.2, 0.25) is 0 Å². The smallest absolute Gasteiger partial charge is 0.157 e. The largest absolute Gasteiger partial charge is 0.395 e. The molecule has 0 aliphatic heterocycles. The lowest BCUT2D eigenvalue weighted by molar-refractivity contribution is 0.277. The van der Waals surface area contributed by atoms with Gasteiger partial charge in [-0.2, -0.15) is 0 Å². The van der Waals surface area contributed by atoms with Crippen molar-refractivity contribution in [1.29, 1.82) is 0 Å². The van der Waals surface area contributed by atoms with Gasteiger partial charge in [0.25, 0.3) is 0 Å². The molecule has 1 rings (SSSR count). The number of rotatable bonds is 5. The number of halogens is 1. The second kappa shape index (κ2) is 5.95. The second-order valence-corrected chi connectivity index (χ2v) is 7.17. The van der Waals surface area contributed by atoms with Crippen LogP contribution in [0.5, 0.6) is 0 Å². The van der Waals surface area contributed by atoms with Gasteiger partial charge in [0.2, 0.25) is 0 Å². The Morgan fingerprint density at radius 2 is 1.88 bits per heavy atom. The van der Waals surface area contributed by atoms with Gasteiger partial charge in [-0.05, 0) is 17.7 Å². The number of nitrogens with two attached hydrogens (primary N) is 1. The number of benzene rings is 1. The molecule has 0 saturated carbocycles. The molecule has 0 aliphatic rings. The summed E-state index contributed by atoms with van der Waals surface area (Å²) in [7, 11) is -3.35. The number of aliphatic hydroxyl groups excluding tert-OH is 1. The quantitative estimate of drug-likeness (QED) is 0.855. The Morgan fingerprint density at radius 1 is 1.35 bits per heavy atom. The van der Waals surface area contributed by atoms with Gasteiger partial charge in [-0.3, -0.25) is 0 Å². The fourth-order valence-electron chi connectivity index (χ4n) is 1.56. The Balaban J connectivity index is 3.02. The summed E-state index contributed by atoms with van der Waals surface area (Å²) in [6, 6.07) is 6.38. The van der Waals surface area contributed by atoms with Crippen molar-refractivity contribution in [2.75, 3.05) is 12.4 Å². The molecular formula is C11H16BrNO3S. The molecule has 0 radical (unpaired) electrons. The third kappa shape index (κ3) is 3.51. The van der Waals surface area contributed by atoms with Gasteiger partial charge in [0.1, 0.15) is 5.25 Å². The minimum atomic E-state index is -3.35. The first-order valence-corrected chi connectivity index (χ1v) is 7.76. The molecule has 2 unspecified atom stereocenters. The van der Waals surface area contributed by atoms with Gasteiger partial charge in [0, 0.05) is 16.3 Å². The fourth-order valence-corrected chi connectivity index (χ4v) is 3.09. The molecule has 1 aromatic carbocycles.